The first kappa shape index (κ1) is 11.5. The lowest BCUT2D eigenvalue weighted by Gasteiger charge is -2.43. The van der Waals surface area contributed by atoms with Crippen molar-refractivity contribution < 1.29 is 13.2 Å². The third-order valence-corrected chi connectivity index (χ3v) is 3.87. The van der Waals surface area contributed by atoms with Gasteiger partial charge in [0.2, 0.25) is 0 Å². The van der Waals surface area contributed by atoms with Crippen LogP contribution in [0.5, 0.6) is 0 Å². The number of guanidine groups is 1. The second-order valence-corrected chi connectivity index (χ2v) is 4.79. The first-order valence-electron chi connectivity index (χ1n) is 5.46. The quantitative estimate of drug-likeness (QED) is 0.694. The Bertz CT molecular complexity index is 313. The number of halogens is 3. The molecule has 0 saturated heterocycles. The third kappa shape index (κ3) is 1.74. The van der Waals surface area contributed by atoms with Gasteiger partial charge in [-0.25, -0.2) is 0 Å². The minimum Gasteiger partial charge on any atom is -0.370 e. The van der Waals surface area contributed by atoms with E-state index in [1.165, 1.54) is 0 Å². The predicted molar refractivity (Wildman–Crippen MR) is 55.0 cm³/mol. The molecule has 0 aromatic rings. The number of likely N-dealkylation sites (N-methyl/N-ethyl adjacent to an activating group) is 1. The van der Waals surface area contributed by atoms with Crippen LogP contribution in [0.1, 0.15) is 25.7 Å². The smallest absolute Gasteiger partial charge is 0.370 e. The Balaban J connectivity index is 2.14. The van der Waals surface area contributed by atoms with Gasteiger partial charge in [-0.1, -0.05) is 6.42 Å². The van der Waals surface area contributed by atoms with E-state index in [0.29, 0.717) is 18.9 Å². The Morgan fingerprint density at radius 2 is 2.19 bits per heavy atom. The summed E-state index contributed by atoms with van der Waals surface area (Å²) in [5.74, 6) is -0.840. The summed E-state index contributed by atoms with van der Waals surface area (Å²) in [5.41, 5.74) is 5.15. The molecule has 2 rings (SSSR count). The number of nitrogens with two attached hydrogens (primary N) is 1. The summed E-state index contributed by atoms with van der Waals surface area (Å²) in [6.45, 7) is 0.405. The number of alkyl halides is 3. The molecule has 1 saturated carbocycles. The molecule has 0 aromatic heterocycles. The summed E-state index contributed by atoms with van der Waals surface area (Å²) in [6.07, 6.45) is -2.39. The lowest BCUT2D eigenvalue weighted by atomic mass is 9.75. The fourth-order valence-corrected chi connectivity index (χ4v) is 2.75. The van der Waals surface area contributed by atoms with Gasteiger partial charge in [-0.3, -0.25) is 4.99 Å². The second-order valence-electron chi connectivity index (χ2n) is 4.79. The minimum absolute atomic E-state index is 0.122. The van der Waals surface area contributed by atoms with Crippen LogP contribution in [0.3, 0.4) is 0 Å². The van der Waals surface area contributed by atoms with Crippen molar-refractivity contribution in [3.63, 3.8) is 0 Å². The van der Waals surface area contributed by atoms with Gasteiger partial charge >= 0.3 is 6.18 Å². The minimum atomic E-state index is -4.09. The van der Waals surface area contributed by atoms with Gasteiger partial charge in [-0.05, 0) is 19.3 Å². The zero-order valence-corrected chi connectivity index (χ0v) is 9.22. The summed E-state index contributed by atoms with van der Waals surface area (Å²) >= 11 is 0. The molecule has 92 valence electrons. The van der Waals surface area contributed by atoms with E-state index in [1.807, 2.05) is 0 Å². The number of aliphatic imine (C=N–C) groups is 1. The molecule has 1 fully saturated rings. The highest BCUT2D eigenvalue weighted by molar-refractivity contribution is 5.80. The van der Waals surface area contributed by atoms with E-state index in [9.17, 15) is 13.2 Å². The van der Waals surface area contributed by atoms with Crippen molar-refractivity contribution >= 4 is 5.96 Å². The maximum atomic E-state index is 12.7. The Kier molecular flexibility index (Phi) is 2.55. The molecule has 0 radical (unpaired) electrons. The molecule has 0 bridgehead atoms. The largest absolute Gasteiger partial charge is 0.391 e. The molecule has 0 amide bonds. The zero-order valence-electron chi connectivity index (χ0n) is 9.22. The highest BCUT2D eigenvalue weighted by atomic mass is 19.4. The average molecular weight is 235 g/mol. The van der Waals surface area contributed by atoms with Gasteiger partial charge in [-0.2, -0.15) is 13.2 Å². The summed E-state index contributed by atoms with van der Waals surface area (Å²) < 4.78 is 38.1. The van der Waals surface area contributed by atoms with E-state index >= 15 is 0 Å². The Morgan fingerprint density at radius 1 is 1.50 bits per heavy atom. The molecular formula is C10H16F3N3. The summed E-state index contributed by atoms with van der Waals surface area (Å²) in [6, 6.07) is 0. The van der Waals surface area contributed by atoms with Crippen LogP contribution in [0.25, 0.3) is 0 Å². The fourth-order valence-electron chi connectivity index (χ4n) is 2.75. The van der Waals surface area contributed by atoms with E-state index in [-0.39, 0.29) is 12.8 Å². The highest BCUT2D eigenvalue weighted by Gasteiger charge is 2.51. The normalized spacial score (nSPS) is 35.6. The van der Waals surface area contributed by atoms with E-state index in [1.54, 1.807) is 11.9 Å². The van der Waals surface area contributed by atoms with Crippen molar-refractivity contribution in [2.24, 2.45) is 16.6 Å². The monoisotopic (exact) mass is 235 g/mol. The summed E-state index contributed by atoms with van der Waals surface area (Å²) in [7, 11) is 1.74. The molecular weight excluding hydrogens is 219 g/mol. The van der Waals surface area contributed by atoms with E-state index in [2.05, 4.69) is 4.99 Å². The molecule has 1 heterocycles. The maximum Gasteiger partial charge on any atom is 0.391 e. The molecule has 2 atom stereocenters. The molecule has 2 N–H and O–H groups in total. The van der Waals surface area contributed by atoms with E-state index in [4.69, 9.17) is 5.73 Å². The van der Waals surface area contributed by atoms with Gasteiger partial charge in [0.05, 0.1) is 18.0 Å². The van der Waals surface area contributed by atoms with Gasteiger partial charge in [0.15, 0.2) is 5.96 Å². The Morgan fingerprint density at radius 3 is 2.69 bits per heavy atom. The second kappa shape index (κ2) is 3.53. The number of rotatable bonds is 0. The molecule has 1 aliphatic carbocycles. The van der Waals surface area contributed by atoms with Crippen LogP contribution >= 0.6 is 0 Å². The van der Waals surface area contributed by atoms with Crippen molar-refractivity contribution in [1.82, 2.24) is 4.90 Å². The number of nitrogens with zero attached hydrogens (tertiary/aromatic N) is 2. The molecule has 3 nitrogen and oxygen atoms in total. The van der Waals surface area contributed by atoms with E-state index < -0.39 is 17.6 Å². The fraction of sp³-hybridized carbons (Fsp3) is 0.900. The van der Waals surface area contributed by atoms with Crippen LogP contribution in [0.4, 0.5) is 13.2 Å². The van der Waals surface area contributed by atoms with Gasteiger partial charge in [0.1, 0.15) is 0 Å². The van der Waals surface area contributed by atoms with Crippen LogP contribution < -0.4 is 5.73 Å². The predicted octanol–water partition coefficient (Wildman–Crippen LogP) is 1.74. The molecule has 6 heteroatoms. The standard InChI is InChI=1S/C10H16F3N3/c1-16-8(14)15-6-9(16)4-2-3-7(5-9)10(11,12)13/h7H,2-6H2,1H3,(H2,14,15). The first-order chi connectivity index (χ1) is 7.35. The lowest BCUT2D eigenvalue weighted by molar-refractivity contribution is -0.190. The molecule has 2 aliphatic rings. The topological polar surface area (TPSA) is 41.6 Å². The summed E-state index contributed by atoms with van der Waals surface area (Å²) in [4.78, 5) is 5.79. The summed E-state index contributed by atoms with van der Waals surface area (Å²) in [5, 5.41) is 0. The molecule has 0 aromatic carbocycles. The molecule has 2 unspecified atom stereocenters. The van der Waals surface area contributed by atoms with Crippen molar-refractivity contribution in [3.05, 3.63) is 0 Å². The molecule has 16 heavy (non-hydrogen) atoms. The first-order valence-corrected chi connectivity index (χ1v) is 5.46. The van der Waals surface area contributed by atoms with E-state index in [0.717, 1.165) is 6.42 Å². The molecule has 1 spiro atoms. The zero-order chi connectivity index (χ0) is 12.0. The van der Waals surface area contributed by atoms with Crippen LogP contribution in [0.15, 0.2) is 4.99 Å². The highest BCUT2D eigenvalue weighted by Crippen LogP contribution is 2.45. The van der Waals surface area contributed by atoms with Crippen molar-refractivity contribution in [2.75, 3.05) is 13.6 Å². The van der Waals surface area contributed by atoms with Crippen LogP contribution in [-0.2, 0) is 0 Å². The number of hydrogen-bond donors (Lipinski definition) is 1. The van der Waals surface area contributed by atoms with Crippen molar-refractivity contribution in [1.29, 1.82) is 0 Å². The van der Waals surface area contributed by atoms with Crippen molar-refractivity contribution in [2.45, 2.75) is 37.4 Å². The third-order valence-electron chi connectivity index (χ3n) is 3.87. The molecule has 1 aliphatic heterocycles. The van der Waals surface area contributed by atoms with Crippen molar-refractivity contribution in [3.8, 4) is 0 Å². The van der Waals surface area contributed by atoms with Gasteiger partial charge in [0, 0.05) is 7.05 Å². The maximum absolute atomic E-state index is 12.7. The Labute approximate surface area is 92.5 Å². The average Bonchev–Trinajstić information content (AvgIpc) is 2.47. The van der Waals surface area contributed by atoms with Crippen LogP contribution in [-0.4, -0.2) is 36.2 Å². The number of hydrogen-bond acceptors (Lipinski definition) is 3. The van der Waals surface area contributed by atoms with Gasteiger partial charge in [0.25, 0.3) is 0 Å². The van der Waals surface area contributed by atoms with Gasteiger partial charge < -0.3 is 10.6 Å². The Hall–Kier alpha value is -0.940. The van der Waals surface area contributed by atoms with Gasteiger partial charge in [-0.15, -0.1) is 0 Å². The van der Waals surface area contributed by atoms with Crippen LogP contribution in [0.2, 0.25) is 0 Å². The lowest BCUT2D eigenvalue weighted by Crippen LogP contribution is -2.53. The van der Waals surface area contributed by atoms with Crippen LogP contribution in [0, 0.1) is 5.92 Å². The SMILES string of the molecule is CN1C(N)=NCC12CCCC(C(F)(F)F)C2.